The van der Waals surface area contributed by atoms with Crippen molar-refractivity contribution in [1.82, 2.24) is 0 Å². The summed E-state index contributed by atoms with van der Waals surface area (Å²) >= 11 is 9.21. The molecule has 0 saturated carbocycles. The Morgan fingerprint density at radius 3 is 2.58 bits per heavy atom. The lowest BCUT2D eigenvalue weighted by Gasteiger charge is -2.11. The zero-order chi connectivity index (χ0) is 13.8. The van der Waals surface area contributed by atoms with Crippen molar-refractivity contribution >= 4 is 43.2 Å². The number of thiophene rings is 1. The fourth-order valence-corrected chi connectivity index (χ4v) is 4.02. The van der Waals surface area contributed by atoms with Gasteiger partial charge in [0.15, 0.2) is 0 Å². The van der Waals surface area contributed by atoms with Crippen molar-refractivity contribution in [3.8, 4) is 5.75 Å². The van der Waals surface area contributed by atoms with E-state index in [2.05, 4.69) is 63.0 Å². The molecule has 0 N–H and O–H groups in total. The van der Waals surface area contributed by atoms with Gasteiger partial charge in [-0.05, 0) is 59.1 Å². The van der Waals surface area contributed by atoms with Crippen LogP contribution in [0.25, 0.3) is 0 Å². The number of halogens is 2. The van der Waals surface area contributed by atoms with Gasteiger partial charge in [0.1, 0.15) is 5.75 Å². The number of rotatable bonds is 5. The molecular weight excluding hydrogens is 388 g/mol. The van der Waals surface area contributed by atoms with Crippen molar-refractivity contribution in [3.63, 3.8) is 0 Å². The lowest BCUT2D eigenvalue weighted by molar-refractivity contribution is 0.338. The summed E-state index contributed by atoms with van der Waals surface area (Å²) in [5, 5.41) is 0. The van der Waals surface area contributed by atoms with E-state index in [1.54, 1.807) is 0 Å². The average Bonchev–Trinajstić information content (AvgIpc) is 2.89. The highest BCUT2D eigenvalue weighted by Gasteiger charge is 2.14. The van der Waals surface area contributed by atoms with E-state index in [0.29, 0.717) is 6.61 Å². The van der Waals surface area contributed by atoms with Gasteiger partial charge in [0, 0.05) is 9.75 Å². The van der Waals surface area contributed by atoms with Crippen molar-refractivity contribution in [2.24, 2.45) is 0 Å². The first-order valence-electron chi connectivity index (χ1n) is 6.30. The number of aryl methyl sites for hydroxylation is 1. The van der Waals surface area contributed by atoms with E-state index in [0.717, 1.165) is 16.6 Å². The maximum Gasteiger partial charge on any atom is 0.133 e. The molecule has 1 aromatic carbocycles. The molecule has 0 aliphatic heterocycles. The molecule has 2 rings (SSSR count). The summed E-state index contributed by atoms with van der Waals surface area (Å²) in [7, 11) is 0. The zero-order valence-corrected chi connectivity index (χ0v) is 14.9. The van der Waals surface area contributed by atoms with Crippen molar-refractivity contribution in [3.05, 3.63) is 50.1 Å². The van der Waals surface area contributed by atoms with Gasteiger partial charge in [-0.15, -0.1) is 11.3 Å². The van der Waals surface area contributed by atoms with Gasteiger partial charge in [0.2, 0.25) is 0 Å². The van der Waals surface area contributed by atoms with E-state index in [1.165, 1.54) is 15.3 Å². The number of ether oxygens (including phenoxy) is 1. The molecule has 0 saturated heterocycles. The van der Waals surface area contributed by atoms with Crippen LogP contribution >= 0.6 is 43.2 Å². The predicted molar refractivity (Wildman–Crippen MR) is 89.8 cm³/mol. The summed E-state index contributed by atoms with van der Waals surface area (Å²) in [5.74, 6) is 0.895. The van der Waals surface area contributed by atoms with Crippen molar-refractivity contribution in [2.45, 2.75) is 25.1 Å². The molecule has 1 unspecified atom stereocenters. The van der Waals surface area contributed by atoms with Gasteiger partial charge in [0.25, 0.3) is 0 Å². The Morgan fingerprint density at radius 1 is 1.21 bits per heavy atom. The van der Waals surface area contributed by atoms with Crippen LogP contribution in [0.4, 0.5) is 0 Å². The van der Waals surface area contributed by atoms with Gasteiger partial charge >= 0.3 is 0 Å². The highest BCUT2D eigenvalue weighted by atomic mass is 79.9. The number of alkyl halides is 1. The molecule has 0 radical (unpaired) electrons. The van der Waals surface area contributed by atoms with E-state index in [-0.39, 0.29) is 4.83 Å². The summed E-state index contributed by atoms with van der Waals surface area (Å²) in [5.41, 5.74) is 1.24. The lowest BCUT2D eigenvalue weighted by atomic mass is 10.1. The third-order valence-corrected chi connectivity index (χ3v) is 6.07. The van der Waals surface area contributed by atoms with Crippen LogP contribution in [0.2, 0.25) is 0 Å². The molecule has 0 bridgehead atoms. The second-order valence-electron chi connectivity index (χ2n) is 4.14. The Balaban J connectivity index is 2.23. The first-order valence-corrected chi connectivity index (χ1v) is 8.83. The Morgan fingerprint density at radius 2 is 2.00 bits per heavy atom. The minimum absolute atomic E-state index is 0.241. The van der Waals surface area contributed by atoms with Gasteiger partial charge in [-0.3, -0.25) is 0 Å². The summed E-state index contributed by atoms with van der Waals surface area (Å²) in [6, 6.07) is 10.7. The molecule has 2 aromatic rings. The zero-order valence-electron chi connectivity index (χ0n) is 11.0. The fourth-order valence-electron chi connectivity index (χ4n) is 1.83. The van der Waals surface area contributed by atoms with Gasteiger partial charge in [0.05, 0.1) is 15.9 Å². The molecule has 1 heterocycles. The molecule has 0 aliphatic rings. The lowest BCUT2D eigenvalue weighted by Crippen LogP contribution is -1.95. The van der Waals surface area contributed by atoms with Crippen molar-refractivity contribution in [2.75, 3.05) is 6.61 Å². The number of hydrogen-bond donors (Lipinski definition) is 0. The third kappa shape index (κ3) is 3.61. The highest BCUT2D eigenvalue weighted by molar-refractivity contribution is 9.10. The monoisotopic (exact) mass is 402 g/mol. The first-order chi connectivity index (χ1) is 9.15. The molecule has 1 atom stereocenters. The van der Waals surface area contributed by atoms with E-state index in [4.69, 9.17) is 4.74 Å². The number of benzene rings is 1. The van der Waals surface area contributed by atoms with Crippen LogP contribution < -0.4 is 4.74 Å². The molecule has 1 aromatic heterocycles. The summed E-state index contributed by atoms with van der Waals surface area (Å²) < 4.78 is 6.54. The van der Waals surface area contributed by atoms with Crippen LogP contribution in [0.3, 0.4) is 0 Å². The average molecular weight is 404 g/mol. The fraction of sp³-hybridized carbons (Fsp3) is 0.333. The van der Waals surface area contributed by atoms with Crippen LogP contribution in [0.15, 0.2) is 34.8 Å². The molecule has 0 fully saturated rings. The van der Waals surface area contributed by atoms with E-state index < -0.39 is 0 Å². The largest absolute Gasteiger partial charge is 0.493 e. The minimum atomic E-state index is 0.241. The second kappa shape index (κ2) is 6.91. The topological polar surface area (TPSA) is 9.23 Å². The molecule has 19 heavy (non-hydrogen) atoms. The Bertz CT molecular complexity index is 551. The van der Waals surface area contributed by atoms with Crippen LogP contribution in [-0.2, 0) is 6.42 Å². The Hall–Kier alpha value is -0.320. The molecule has 0 amide bonds. The maximum absolute atomic E-state index is 5.54. The highest BCUT2D eigenvalue weighted by Crippen LogP contribution is 2.38. The quantitative estimate of drug-likeness (QED) is 0.560. The predicted octanol–water partition coefficient (Wildman–Crippen LogP) is 5.96. The van der Waals surface area contributed by atoms with Gasteiger partial charge in [-0.25, -0.2) is 0 Å². The van der Waals surface area contributed by atoms with Crippen LogP contribution in [0.1, 0.15) is 34.0 Å². The summed E-state index contributed by atoms with van der Waals surface area (Å²) in [6.45, 7) is 4.86. The molecule has 102 valence electrons. The van der Waals surface area contributed by atoms with Crippen LogP contribution in [0, 0.1) is 0 Å². The Kier molecular flexibility index (Phi) is 5.48. The van der Waals surface area contributed by atoms with Gasteiger partial charge in [-0.1, -0.05) is 28.9 Å². The van der Waals surface area contributed by atoms with E-state index in [1.807, 2.05) is 24.3 Å². The van der Waals surface area contributed by atoms with Gasteiger partial charge < -0.3 is 4.74 Å². The van der Waals surface area contributed by atoms with E-state index in [9.17, 15) is 0 Å². The Labute approximate surface area is 135 Å². The first kappa shape index (κ1) is 15.1. The SMILES string of the molecule is CCOc1ccc(C(Br)c2ccc(CC)s2)cc1Br. The van der Waals surface area contributed by atoms with Gasteiger partial charge in [-0.2, -0.15) is 0 Å². The molecule has 4 heteroatoms. The van der Waals surface area contributed by atoms with Crippen molar-refractivity contribution < 1.29 is 4.74 Å². The summed E-state index contributed by atoms with van der Waals surface area (Å²) in [4.78, 5) is 3.00. The second-order valence-corrected chi connectivity index (χ2v) is 7.11. The standard InChI is InChI=1S/C15H16Br2OS/c1-3-11-6-8-14(19-11)15(17)10-5-7-13(18-4-2)12(16)9-10/h5-9,15H,3-4H2,1-2H3. The number of hydrogen-bond acceptors (Lipinski definition) is 2. The molecule has 0 aliphatic carbocycles. The van der Waals surface area contributed by atoms with Crippen LogP contribution in [-0.4, -0.2) is 6.61 Å². The molecule has 0 spiro atoms. The third-order valence-electron chi connectivity index (χ3n) is 2.83. The minimum Gasteiger partial charge on any atom is -0.493 e. The van der Waals surface area contributed by atoms with Crippen LogP contribution in [0.5, 0.6) is 5.75 Å². The molecule has 1 nitrogen and oxygen atoms in total. The molecular formula is C15H16Br2OS. The van der Waals surface area contributed by atoms with Crippen molar-refractivity contribution in [1.29, 1.82) is 0 Å². The normalized spacial score (nSPS) is 12.4. The summed E-state index contributed by atoms with van der Waals surface area (Å²) in [6.07, 6.45) is 1.09. The van der Waals surface area contributed by atoms with E-state index >= 15 is 0 Å². The maximum atomic E-state index is 5.54. The smallest absolute Gasteiger partial charge is 0.133 e.